The van der Waals surface area contributed by atoms with Crippen LogP contribution in [0.25, 0.3) is 0 Å². The van der Waals surface area contributed by atoms with Gasteiger partial charge in [0.1, 0.15) is 11.5 Å². The van der Waals surface area contributed by atoms with E-state index in [-0.39, 0.29) is 12.3 Å². The van der Waals surface area contributed by atoms with E-state index in [4.69, 9.17) is 14.6 Å². The van der Waals surface area contributed by atoms with Crippen LogP contribution in [0.15, 0.2) is 52.0 Å². The molecule has 0 fully saturated rings. The van der Waals surface area contributed by atoms with E-state index in [0.29, 0.717) is 0 Å². The van der Waals surface area contributed by atoms with Crippen LogP contribution in [0.2, 0.25) is 0 Å². The summed E-state index contributed by atoms with van der Waals surface area (Å²) in [5.41, 5.74) is 3.45. The third-order valence-corrected chi connectivity index (χ3v) is 5.28. The fourth-order valence-corrected chi connectivity index (χ4v) is 3.91. The smallest absolute Gasteiger partial charge is 0.187 e. The molecule has 0 radical (unpaired) electrons. The van der Waals surface area contributed by atoms with Crippen molar-refractivity contribution in [1.29, 1.82) is 0 Å². The normalized spacial score (nSPS) is 21.2. The zero-order valence-electron chi connectivity index (χ0n) is 14.4. The number of nitrogens with zero attached hydrogens (tertiary/aromatic N) is 2. The maximum Gasteiger partial charge on any atom is 0.187 e. The van der Waals surface area contributed by atoms with E-state index >= 15 is 0 Å². The van der Waals surface area contributed by atoms with Gasteiger partial charge in [-0.1, -0.05) is 29.3 Å². The Hall–Kier alpha value is -2.01. The lowest BCUT2D eigenvalue weighted by Gasteiger charge is -2.38. The van der Waals surface area contributed by atoms with Gasteiger partial charge in [0.2, 0.25) is 0 Å². The van der Waals surface area contributed by atoms with Crippen molar-refractivity contribution in [2.75, 3.05) is 7.11 Å². The second-order valence-electron chi connectivity index (χ2n) is 6.42. The Morgan fingerprint density at radius 3 is 2.76 bits per heavy atom. The summed E-state index contributed by atoms with van der Waals surface area (Å²) >= 11 is 3.58. The minimum Gasteiger partial charge on any atom is -0.497 e. The summed E-state index contributed by atoms with van der Waals surface area (Å²) in [5.74, 6) is 1.84. The van der Waals surface area contributed by atoms with Gasteiger partial charge < -0.3 is 9.47 Å². The van der Waals surface area contributed by atoms with Gasteiger partial charge in [-0.25, -0.2) is 0 Å². The van der Waals surface area contributed by atoms with Crippen LogP contribution in [-0.2, 0) is 0 Å². The van der Waals surface area contributed by atoms with E-state index in [1.807, 2.05) is 18.2 Å². The highest BCUT2D eigenvalue weighted by Gasteiger charge is 2.39. The van der Waals surface area contributed by atoms with Gasteiger partial charge in [0.05, 0.1) is 18.9 Å². The summed E-state index contributed by atoms with van der Waals surface area (Å²) in [4.78, 5) is 0. The molecule has 0 amide bonds. The largest absolute Gasteiger partial charge is 0.497 e. The summed E-state index contributed by atoms with van der Waals surface area (Å²) in [6.45, 7) is 2.18. The Labute approximate surface area is 156 Å². The average Bonchev–Trinajstić information content (AvgIpc) is 3.08. The standard InChI is InChI=1S/C20H21BrN2O2/c1-3-4-20-23-18(16-11-14(21)7-10-19(16)25-20)12-17(22-23)13-5-8-15(24-2)9-6-13/h5-11,18,20H,3-4,12H2,1-2H3. The first-order valence-electron chi connectivity index (χ1n) is 8.66. The second kappa shape index (κ2) is 6.71. The highest BCUT2D eigenvalue weighted by Crippen LogP contribution is 2.44. The van der Waals surface area contributed by atoms with Crippen molar-refractivity contribution in [1.82, 2.24) is 5.01 Å². The first-order chi connectivity index (χ1) is 12.2. The Morgan fingerprint density at radius 1 is 1.24 bits per heavy atom. The molecule has 2 aliphatic rings. The molecule has 0 saturated heterocycles. The van der Waals surface area contributed by atoms with Crippen molar-refractivity contribution >= 4 is 21.6 Å². The van der Waals surface area contributed by atoms with E-state index in [2.05, 4.69) is 52.1 Å². The molecule has 0 spiro atoms. The molecule has 130 valence electrons. The Kier molecular flexibility index (Phi) is 4.42. The van der Waals surface area contributed by atoms with Crippen LogP contribution in [0.5, 0.6) is 11.5 Å². The third-order valence-electron chi connectivity index (χ3n) is 4.79. The summed E-state index contributed by atoms with van der Waals surface area (Å²) < 4.78 is 12.6. The third kappa shape index (κ3) is 3.01. The van der Waals surface area contributed by atoms with Crippen LogP contribution in [0.4, 0.5) is 0 Å². The summed E-state index contributed by atoms with van der Waals surface area (Å²) in [5, 5.41) is 7.08. The van der Waals surface area contributed by atoms with Crippen molar-refractivity contribution in [2.24, 2.45) is 5.10 Å². The Balaban J connectivity index is 1.69. The molecule has 4 nitrogen and oxygen atoms in total. The number of fused-ring (bicyclic) bond motifs is 3. The number of methoxy groups -OCH3 is 1. The predicted octanol–water partition coefficient (Wildman–Crippen LogP) is 5.13. The minimum atomic E-state index is -0.000533. The van der Waals surface area contributed by atoms with E-state index in [1.54, 1.807) is 7.11 Å². The number of benzene rings is 2. The fourth-order valence-electron chi connectivity index (χ4n) is 3.53. The lowest BCUT2D eigenvalue weighted by Crippen LogP contribution is -2.40. The molecule has 2 aromatic carbocycles. The SMILES string of the molecule is CCCC1Oc2ccc(Br)cc2C2CC(c3ccc(OC)cc3)=NN12. The van der Waals surface area contributed by atoms with Crippen LogP contribution >= 0.6 is 15.9 Å². The Morgan fingerprint density at radius 2 is 2.04 bits per heavy atom. The average molecular weight is 401 g/mol. The van der Waals surface area contributed by atoms with Crippen LogP contribution in [-0.4, -0.2) is 24.1 Å². The molecule has 2 heterocycles. The Bertz CT molecular complexity index is 804. The zero-order chi connectivity index (χ0) is 17.4. The van der Waals surface area contributed by atoms with Crippen LogP contribution in [0, 0.1) is 0 Å². The van der Waals surface area contributed by atoms with E-state index in [1.165, 1.54) is 5.56 Å². The van der Waals surface area contributed by atoms with Gasteiger partial charge in [0.15, 0.2) is 6.23 Å². The van der Waals surface area contributed by atoms with Crippen molar-refractivity contribution in [2.45, 2.75) is 38.5 Å². The van der Waals surface area contributed by atoms with Crippen molar-refractivity contribution in [3.05, 3.63) is 58.1 Å². The number of hydrazone groups is 1. The van der Waals surface area contributed by atoms with Gasteiger partial charge in [0, 0.05) is 22.9 Å². The molecule has 2 aromatic rings. The van der Waals surface area contributed by atoms with E-state index in [0.717, 1.165) is 46.5 Å². The zero-order valence-corrected chi connectivity index (χ0v) is 16.0. The number of ether oxygens (including phenoxy) is 2. The summed E-state index contributed by atoms with van der Waals surface area (Å²) in [6.07, 6.45) is 2.91. The first kappa shape index (κ1) is 16.5. The maximum absolute atomic E-state index is 6.24. The molecule has 5 heteroatoms. The van der Waals surface area contributed by atoms with Gasteiger partial charge in [-0.3, -0.25) is 5.01 Å². The second-order valence-corrected chi connectivity index (χ2v) is 7.33. The first-order valence-corrected chi connectivity index (χ1v) is 9.45. The maximum atomic E-state index is 6.24. The van der Waals surface area contributed by atoms with Gasteiger partial charge in [0.25, 0.3) is 0 Å². The molecule has 0 saturated carbocycles. The lowest BCUT2D eigenvalue weighted by molar-refractivity contribution is -0.0223. The van der Waals surface area contributed by atoms with E-state index < -0.39 is 0 Å². The van der Waals surface area contributed by atoms with Gasteiger partial charge in [-0.2, -0.15) is 5.10 Å². The molecule has 2 unspecified atom stereocenters. The fraction of sp³-hybridized carbons (Fsp3) is 0.350. The van der Waals surface area contributed by atoms with Gasteiger partial charge in [-0.15, -0.1) is 0 Å². The number of hydrogen-bond acceptors (Lipinski definition) is 4. The van der Waals surface area contributed by atoms with E-state index in [9.17, 15) is 0 Å². The minimum absolute atomic E-state index is 0.000533. The summed E-state index contributed by atoms with van der Waals surface area (Å²) in [6, 6.07) is 14.6. The molecule has 0 aromatic heterocycles. The number of halogens is 1. The quantitative estimate of drug-likeness (QED) is 0.713. The lowest BCUT2D eigenvalue weighted by atomic mass is 9.96. The molecule has 2 atom stereocenters. The molecule has 0 bridgehead atoms. The molecule has 2 aliphatic heterocycles. The van der Waals surface area contributed by atoms with Crippen LogP contribution in [0.1, 0.15) is 43.4 Å². The highest BCUT2D eigenvalue weighted by atomic mass is 79.9. The monoisotopic (exact) mass is 400 g/mol. The number of hydrogen-bond donors (Lipinski definition) is 0. The molecule has 25 heavy (non-hydrogen) atoms. The predicted molar refractivity (Wildman–Crippen MR) is 102 cm³/mol. The van der Waals surface area contributed by atoms with Crippen LogP contribution < -0.4 is 9.47 Å². The molecule has 4 rings (SSSR count). The molecular weight excluding hydrogens is 380 g/mol. The highest BCUT2D eigenvalue weighted by molar-refractivity contribution is 9.10. The summed E-state index contributed by atoms with van der Waals surface area (Å²) in [7, 11) is 1.68. The van der Waals surface area contributed by atoms with Gasteiger partial charge >= 0.3 is 0 Å². The van der Waals surface area contributed by atoms with Crippen molar-refractivity contribution in [3.8, 4) is 11.5 Å². The van der Waals surface area contributed by atoms with Crippen LogP contribution in [0.3, 0.4) is 0 Å². The van der Waals surface area contributed by atoms with Crippen molar-refractivity contribution < 1.29 is 9.47 Å². The molecule has 0 N–H and O–H groups in total. The van der Waals surface area contributed by atoms with Crippen molar-refractivity contribution in [3.63, 3.8) is 0 Å². The topological polar surface area (TPSA) is 34.1 Å². The number of rotatable bonds is 4. The molecule has 0 aliphatic carbocycles. The van der Waals surface area contributed by atoms with Gasteiger partial charge in [-0.05, 0) is 48.0 Å². The molecular formula is C20H21BrN2O2.